The maximum atomic E-state index is 14.9. The lowest BCUT2D eigenvalue weighted by molar-refractivity contribution is -0.203. The van der Waals surface area contributed by atoms with Crippen molar-refractivity contribution in [1.82, 2.24) is 30.9 Å². The average Bonchev–Trinajstić information content (AvgIpc) is 3.74. The number of likely N-dealkylation sites (tertiary alicyclic amines) is 1. The van der Waals surface area contributed by atoms with E-state index in [1.807, 2.05) is 32.7 Å². The molecule has 0 saturated carbocycles. The van der Waals surface area contributed by atoms with Crippen LogP contribution in [-0.4, -0.2) is 106 Å². The second-order valence-corrected chi connectivity index (χ2v) is 17.7. The normalized spacial score (nSPS) is 17.1. The number of benzene rings is 1. The highest BCUT2D eigenvalue weighted by atomic mass is 32.1. The molecular formula is C46H72N6O9S. The molecule has 7 atom stereocenters. The van der Waals surface area contributed by atoms with Crippen molar-refractivity contribution >= 4 is 41.1 Å². The third-order valence-corrected chi connectivity index (χ3v) is 12.4. The Hall–Kier alpha value is -4.54. The van der Waals surface area contributed by atoms with E-state index in [0.717, 1.165) is 68.4 Å². The van der Waals surface area contributed by atoms with Crippen LogP contribution in [0, 0.1) is 11.8 Å². The largest absolute Gasteiger partial charge is 0.508 e. The van der Waals surface area contributed by atoms with Crippen LogP contribution in [0.3, 0.4) is 0 Å². The number of carboxylic acid groups (broad SMARTS) is 1. The number of rotatable bonds is 27. The Kier molecular flexibility index (Phi) is 22.4. The fourth-order valence-corrected chi connectivity index (χ4v) is 8.19. The summed E-state index contributed by atoms with van der Waals surface area (Å²) in [5, 5.41) is 31.4. The first kappa shape index (κ1) is 51.8. The topological polar surface area (TPSA) is 200 Å². The van der Waals surface area contributed by atoms with Crippen molar-refractivity contribution in [1.29, 1.82) is 0 Å². The Morgan fingerprint density at radius 2 is 1.71 bits per heavy atom. The molecule has 15 nitrogen and oxygen atoms in total. The number of alkyl carbamates (subject to hydrolysis) is 1. The molecule has 2 heterocycles. The van der Waals surface area contributed by atoms with Gasteiger partial charge in [-0.15, -0.1) is 11.3 Å². The molecule has 346 valence electrons. The number of aliphatic carboxylic acids is 1. The molecule has 1 aromatic heterocycles. The monoisotopic (exact) mass is 885 g/mol. The average molecular weight is 885 g/mol. The lowest BCUT2D eigenvalue weighted by Crippen LogP contribution is -2.58. The molecule has 0 radical (unpaired) electrons. The molecule has 16 heteroatoms. The Morgan fingerprint density at radius 3 is 2.34 bits per heavy atom. The van der Waals surface area contributed by atoms with E-state index in [4.69, 9.17) is 9.57 Å². The van der Waals surface area contributed by atoms with Gasteiger partial charge in [0.2, 0.25) is 5.91 Å². The van der Waals surface area contributed by atoms with Crippen LogP contribution in [0.25, 0.3) is 0 Å². The summed E-state index contributed by atoms with van der Waals surface area (Å²) in [5.74, 6) is -3.10. The molecule has 0 bridgehead atoms. The van der Waals surface area contributed by atoms with Gasteiger partial charge in [0.05, 0.1) is 24.6 Å². The highest BCUT2D eigenvalue weighted by Gasteiger charge is 2.39. The number of nitrogens with zero attached hydrogens (tertiary/aromatic N) is 3. The molecule has 1 saturated heterocycles. The van der Waals surface area contributed by atoms with Gasteiger partial charge in [-0.25, -0.2) is 14.8 Å². The maximum Gasteiger partial charge on any atom is 0.407 e. The fraction of sp³-hybridized carbons (Fsp3) is 0.652. The number of carbonyl (C=O) groups excluding carboxylic acids is 4. The lowest BCUT2D eigenvalue weighted by atomic mass is 9.95. The number of thiazole rings is 1. The molecule has 4 amide bonds. The van der Waals surface area contributed by atoms with Crippen LogP contribution in [-0.2, 0) is 30.4 Å². The van der Waals surface area contributed by atoms with Crippen molar-refractivity contribution in [2.45, 2.75) is 155 Å². The minimum absolute atomic E-state index is 0.0159. The summed E-state index contributed by atoms with van der Waals surface area (Å²) in [6.45, 7) is 17.0. The SMILES string of the molecule is C=C(C)[C@@H](C[C@@H](OC(=O)NCCCC)c1nc(C(=O)N[C@@H](Cc2ccc(O)cc2)C[C@H](C)C(=O)O)cs1)N(OCCCCCC)C(=O)[C@@H](NC(=O)[C@H]1CCCCN1C)[C@@H](C)CC. The first-order valence-corrected chi connectivity index (χ1v) is 23.3. The van der Waals surface area contributed by atoms with Crippen molar-refractivity contribution < 1.29 is 43.8 Å². The fourth-order valence-electron chi connectivity index (χ4n) is 7.35. The van der Waals surface area contributed by atoms with Crippen molar-refractivity contribution in [2.75, 3.05) is 26.7 Å². The summed E-state index contributed by atoms with van der Waals surface area (Å²) >= 11 is 1.11. The number of phenolic OH excluding ortho intramolecular Hbond substituents is 1. The molecule has 5 N–H and O–H groups in total. The van der Waals surface area contributed by atoms with E-state index in [1.54, 1.807) is 31.4 Å². The van der Waals surface area contributed by atoms with Crippen LogP contribution in [0.2, 0.25) is 0 Å². The Labute approximate surface area is 372 Å². The van der Waals surface area contributed by atoms with Gasteiger partial charge in [0.1, 0.15) is 22.5 Å². The molecule has 0 spiro atoms. The van der Waals surface area contributed by atoms with Gasteiger partial charge < -0.3 is 30.9 Å². The Bertz CT molecular complexity index is 1740. The smallest absolute Gasteiger partial charge is 0.407 e. The van der Waals surface area contributed by atoms with Crippen molar-refractivity contribution in [3.8, 4) is 5.75 Å². The van der Waals surface area contributed by atoms with Gasteiger partial charge in [-0.3, -0.25) is 28.9 Å². The number of unbranched alkanes of at least 4 members (excludes halogenated alkanes) is 4. The molecule has 3 rings (SSSR count). The van der Waals surface area contributed by atoms with Gasteiger partial charge >= 0.3 is 12.1 Å². The quantitative estimate of drug-likeness (QED) is 0.0337. The maximum absolute atomic E-state index is 14.9. The molecule has 1 aromatic carbocycles. The third kappa shape index (κ3) is 16.6. The van der Waals surface area contributed by atoms with Gasteiger partial charge in [-0.2, -0.15) is 0 Å². The summed E-state index contributed by atoms with van der Waals surface area (Å²) in [5.41, 5.74) is 1.39. The molecule has 2 aromatic rings. The van der Waals surface area contributed by atoms with Crippen LogP contribution >= 0.6 is 11.3 Å². The lowest BCUT2D eigenvalue weighted by Gasteiger charge is -2.38. The molecule has 0 aliphatic carbocycles. The van der Waals surface area contributed by atoms with E-state index in [1.165, 1.54) is 17.2 Å². The highest BCUT2D eigenvalue weighted by Crippen LogP contribution is 2.32. The van der Waals surface area contributed by atoms with Gasteiger partial charge in [0.15, 0.2) is 6.10 Å². The molecular weight excluding hydrogens is 813 g/mol. The zero-order valence-corrected chi connectivity index (χ0v) is 38.8. The number of hydrogen-bond donors (Lipinski definition) is 5. The van der Waals surface area contributed by atoms with Gasteiger partial charge in [0, 0.05) is 24.4 Å². The number of hydrogen-bond acceptors (Lipinski definition) is 11. The van der Waals surface area contributed by atoms with E-state index in [2.05, 4.69) is 34.4 Å². The van der Waals surface area contributed by atoms with Crippen LogP contribution in [0.4, 0.5) is 4.79 Å². The number of aromatic nitrogens is 1. The van der Waals surface area contributed by atoms with E-state index in [-0.39, 0.29) is 48.8 Å². The molecule has 62 heavy (non-hydrogen) atoms. The molecule has 0 unspecified atom stereocenters. The van der Waals surface area contributed by atoms with E-state index in [9.17, 15) is 34.2 Å². The highest BCUT2D eigenvalue weighted by molar-refractivity contribution is 7.09. The third-order valence-electron chi connectivity index (χ3n) is 11.5. The second-order valence-electron chi connectivity index (χ2n) is 16.8. The Morgan fingerprint density at radius 1 is 1.00 bits per heavy atom. The predicted octanol–water partition coefficient (Wildman–Crippen LogP) is 7.56. The Balaban J connectivity index is 2.00. The number of carbonyl (C=O) groups is 5. The second kappa shape index (κ2) is 26.8. The first-order chi connectivity index (χ1) is 29.6. The number of hydroxylamine groups is 2. The van der Waals surface area contributed by atoms with E-state index >= 15 is 0 Å². The zero-order chi connectivity index (χ0) is 45.8. The predicted molar refractivity (Wildman–Crippen MR) is 241 cm³/mol. The molecule has 1 aliphatic heterocycles. The minimum atomic E-state index is -1.06. The summed E-state index contributed by atoms with van der Waals surface area (Å²) < 4.78 is 6.05. The van der Waals surface area contributed by atoms with Gasteiger partial charge in [-0.05, 0) is 82.7 Å². The number of phenols is 1. The van der Waals surface area contributed by atoms with Crippen molar-refractivity contribution in [3.63, 3.8) is 0 Å². The number of piperidine rings is 1. The number of carboxylic acids is 1. The van der Waals surface area contributed by atoms with Gasteiger partial charge in [-0.1, -0.05) is 97.4 Å². The summed E-state index contributed by atoms with van der Waals surface area (Å²) in [7, 11) is 1.93. The first-order valence-electron chi connectivity index (χ1n) is 22.4. The van der Waals surface area contributed by atoms with Crippen LogP contribution in [0.5, 0.6) is 5.75 Å². The molecule has 1 aliphatic rings. The number of amides is 4. The summed E-state index contributed by atoms with van der Waals surface area (Å²) in [6, 6.07) is 3.80. The standard InChI is InChI=1S/C46H72N6O9S/c1-9-12-14-17-25-60-52(44(56)40(31(6)11-3)50-42(55)37-18-15-16-24-51(37)8)38(30(4)5)28-39(61-46(59)47-23-13-10-2)43-49-36(29-62-43)41(54)48-34(26-32(7)45(57)58)27-33-19-21-35(53)22-20-33/h19-22,29,31-32,34,37-40,53H,4,9-18,23-28H2,1-3,5-8H3,(H,47,59)(H,48,54)(H,50,55)(H,57,58)/t31-,32-,34+,37+,38+,39+,40-/m0/s1. The van der Waals surface area contributed by atoms with Crippen LogP contribution < -0.4 is 16.0 Å². The summed E-state index contributed by atoms with van der Waals surface area (Å²) in [4.78, 5) is 80.6. The van der Waals surface area contributed by atoms with Crippen LogP contribution in [0.1, 0.15) is 146 Å². The number of nitrogens with one attached hydrogen (secondary N) is 3. The zero-order valence-electron chi connectivity index (χ0n) is 38.0. The van der Waals surface area contributed by atoms with E-state index < -0.39 is 54.0 Å². The van der Waals surface area contributed by atoms with Crippen molar-refractivity contribution in [2.24, 2.45) is 11.8 Å². The number of ether oxygens (including phenoxy) is 1. The number of likely N-dealkylation sites (N-methyl/N-ethyl adjacent to an activating group) is 1. The van der Waals surface area contributed by atoms with Crippen LogP contribution in [0.15, 0.2) is 41.8 Å². The van der Waals surface area contributed by atoms with Gasteiger partial charge in [0.25, 0.3) is 11.8 Å². The van der Waals surface area contributed by atoms with Crippen molar-refractivity contribution in [3.05, 3.63) is 58.1 Å². The minimum Gasteiger partial charge on any atom is -0.508 e. The molecule has 1 fully saturated rings. The van der Waals surface area contributed by atoms with E-state index in [0.29, 0.717) is 42.8 Å². The summed E-state index contributed by atoms with van der Waals surface area (Å²) in [6.07, 6.45) is 7.10. The number of aromatic hydroxyl groups is 1.